The van der Waals surface area contributed by atoms with Crippen LogP contribution >= 0.6 is 0 Å². The molecule has 21 heavy (non-hydrogen) atoms. The number of fused-ring (bicyclic) bond motifs is 1. The number of carboxylic acids is 1. The molecule has 5 nitrogen and oxygen atoms in total. The molecule has 0 saturated heterocycles. The van der Waals surface area contributed by atoms with E-state index in [1.165, 1.54) is 4.31 Å². The molecule has 1 atom stereocenters. The zero-order valence-electron chi connectivity index (χ0n) is 12.3. The van der Waals surface area contributed by atoms with Crippen LogP contribution in [0.3, 0.4) is 0 Å². The number of nitrogens with zero attached hydrogens (tertiary/aromatic N) is 1. The van der Waals surface area contributed by atoms with Gasteiger partial charge >= 0.3 is 5.97 Å². The third kappa shape index (κ3) is 3.56. The molecular weight excluding hydrogens is 290 g/mol. The molecule has 1 aliphatic heterocycles. The molecule has 0 saturated carbocycles. The highest BCUT2D eigenvalue weighted by molar-refractivity contribution is 7.92. The highest BCUT2D eigenvalue weighted by Crippen LogP contribution is 2.32. The number of para-hydroxylation sites is 1. The average molecular weight is 311 g/mol. The van der Waals surface area contributed by atoms with Crippen LogP contribution in [-0.2, 0) is 21.2 Å². The number of hydrogen-bond acceptors (Lipinski definition) is 3. The lowest BCUT2D eigenvalue weighted by molar-refractivity contribution is -0.141. The highest BCUT2D eigenvalue weighted by Gasteiger charge is 2.34. The van der Waals surface area contributed by atoms with Crippen molar-refractivity contribution in [1.29, 1.82) is 0 Å². The minimum absolute atomic E-state index is 0.0206. The van der Waals surface area contributed by atoms with Crippen LogP contribution in [0.25, 0.3) is 0 Å². The van der Waals surface area contributed by atoms with Crippen LogP contribution < -0.4 is 4.31 Å². The van der Waals surface area contributed by atoms with Crippen molar-refractivity contribution in [2.45, 2.75) is 26.7 Å². The lowest BCUT2D eigenvalue weighted by Crippen LogP contribution is -2.43. The third-order valence-electron chi connectivity index (χ3n) is 3.75. The Bertz CT molecular complexity index is 624. The first-order valence-electron chi connectivity index (χ1n) is 7.12. The van der Waals surface area contributed by atoms with Crippen LogP contribution in [0.4, 0.5) is 5.69 Å². The fourth-order valence-corrected chi connectivity index (χ4v) is 4.35. The lowest BCUT2D eigenvalue weighted by atomic mass is 9.94. The first-order valence-corrected chi connectivity index (χ1v) is 8.73. The number of anilines is 1. The second-order valence-electron chi connectivity index (χ2n) is 5.90. The van der Waals surface area contributed by atoms with Crippen molar-refractivity contribution in [3.63, 3.8) is 0 Å². The Kier molecular flexibility index (Phi) is 4.56. The van der Waals surface area contributed by atoms with Crippen LogP contribution in [0.5, 0.6) is 0 Å². The van der Waals surface area contributed by atoms with Gasteiger partial charge in [0.2, 0.25) is 10.0 Å². The molecule has 0 aromatic heterocycles. The summed E-state index contributed by atoms with van der Waals surface area (Å²) in [5.74, 6) is -1.30. The van der Waals surface area contributed by atoms with Gasteiger partial charge in [-0.3, -0.25) is 9.10 Å². The molecule has 0 bridgehead atoms. The van der Waals surface area contributed by atoms with Gasteiger partial charge in [-0.2, -0.15) is 0 Å². The van der Waals surface area contributed by atoms with Gasteiger partial charge in [-0.05, 0) is 30.4 Å². The summed E-state index contributed by atoms with van der Waals surface area (Å²) in [6.07, 6.45) is 0.945. The van der Waals surface area contributed by atoms with Crippen LogP contribution in [0.2, 0.25) is 0 Å². The topological polar surface area (TPSA) is 74.7 Å². The summed E-state index contributed by atoms with van der Waals surface area (Å²) in [5.41, 5.74) is 1.41. The van der Waals surface area contributed by atoms with Gasteiger partial charge in [0, 0.05) is 6.54 Å². The smallest absolute Gasteiger partial charge is 0.308 e. The second-order valence-corrected chi connectivity index (χ2v) is 7.91. The van der Waals surface area contributed by atoms with Crippen LogP contribution in [-0.4, -0.2) is 31.8 Å². The van der Waals surface area contributed by atoms with E-state index >= 15 is 0 Å². The predicted octanol–water partition coefficient (Wildman–Crippen LogP) is 2.13. The molecule has 6 heteroatoms. The van der Waals surface area contributed by atoms with Crippen molar-refractivity contribution in [3.8, 4) is 0 Å². The third-order valence-corrected chi connectivity index (χ3v) is 5.52. The number of carboxylic acid groups (broad SMARTS) is 1. The van der Waals surface area contributed by atoms with Gasteiger partial charge < -0.3 is 5.11 Å². The van der Waals surface area contributed by atoms with E-state index in [0.29, 0.717) is 18.5 Å². The van der Waals surface area contributed by atoms with Gasteiger partial charge in [-0.1, -0.05) is 32.0 Å². The molecule has 0 radical (unpaired) electrons. The maximum Gasteiger partial charge on any atom is 0.308 e. The molecule has 1 aromatic carbocycles. The van der Waals surface area contributed by atoms with Gasteiger partial charge in [-0.25, -0.2) is 8.42 Å². The van der Waals surface area contributed by atoms with E-state index in [0.717, 1.165) is 5.56 Å². The van der Waals surface area contributed by atoms with Crippen molar-refractivity contribution in [2.24, 2.45) is 11.8 Å². The first kappa shape index (κ1) is 15.8. The van der Waals surface area contributed by atoms with Crippen LogP contribution in [0.1, 0.15) is 25.8 Å². The Morgan fingerprint density at radius 1 is 1.38 bits per heavy atom. The largest absolute Gasteiger partial charge is 0.481 e. The number of rotatable bonds is 5. The van der Waals surface area contributed by atoms with Crippen LogP contribution in [0.15, 0.2) is 24.3 Å². The monoisotopic (exact) mass is 311 g/mol. The molecule has 116 valence electrons. The Morgan fingerprint density at radius 3 is 2.67 bits per heavy atom. The highest BCUT2D eigenvalue weighted by atomic mass is 32.2. The average Bonchev–Trinajstić information content (AvgIpc) is 2.44. The van der Waals surface area contributed by atoms with Crippen molar-refractivity contribution in [1.82, 2.24) is 0 Å². The summed E-state index contributed by atoms with van der Waals surface area (Å²) in [5, 5.41) is 9.24. The van der Waals surface area contributed by atoms with Gasteiger partial charge in [-0.15, -0.1) is 0 Å². The van der Waals surface area contributed by atoms with E-state index in [4.69, 9.17) is 0 Å². The van der Waals surface area contributed by atoms with Crippen molar-refractivity contribution < 1.29 is 18.3 Å². The van der Waals surface area contributed by atoms with Crippen molar-refractivity contribution in [3.05, 3.63) is 29.8 Å². The molecule has 1 N–H and O–H groups in total. The van der Waals surface area contributed by atoms with E-state index in [-0.39, 0.29) is 18.2 Å². The molecule has 0 spiro atoms. The lowest BCUT2D eigenvalue weighted by Gasteiger charge is -2.33. The number of sulfonamides is 1. The maximum absolute atomic E-state index is 12.6. The zero-order chi connectivity index (χ0) is 15.6. The van der Waals surface area contributed by atoms with E-state index in [9.17, 15) is 18.3 Å². The summed E-state index contributed by atoms with van der Waals surface area (Å²) in [7, 11) is -3.49. The normalized spacial score (nSPS) is 18.6. The molecule has 1 aromatic rings. The molecule has 0 aliphatic carbocycles. The predicted molar refractivity (Wildman–Crippen MR) is 81.9 cm³/mol. The Morgan fingerprint density at radius 2 is 2.05 bits per heavy atom. The number of benzene rings is 1. The minimum atomic E-state index is -3.49. The van der Waals surface area contributed by atoms with E-state index in [1.54, 1.807) is 18.2 Å². The second kappa shape index (κ2) is 6.05. The molecule has 0 amide bonds. The summed E-state index contributed by atoms with van der Waals surface area (Å²) in [4.78, 5) is 11.3. The fourth-order valence-electron chi connectivity index (χ4n) is 2.48. The van der Waals surface area contributed by atoms with Gasteiger partial charge in [0.1, 0.15) is 0 Å². The maximum atomic E-state index is 12.6. The molecule has 2 rings (SSSR count). The van der Waals surface area contributed by atoms with E-state index in [2.05, 4.69) is 0 Å². The summed E-state index contributed by atoms with van der Waals surface area (Å²) >= 11 is 0. The van der Waals surface area contributed by atoms with Crippen molar-refractivity contribution >= 4 is 21.7 Å². The van der Waals surface area contributed by atoms with Gasteiger partial charge in [0.05, 0.1) is 17.4 Å². The molecular formula is C15H21NO4S. The zero-order valence-corrected chi connectivity index (χ0v) is 13.1. The summed E-state index contributed by atoms with van der Waals surface area (Å²) < 4.78 is 26.4. The molecule has 1 heterocycles. The summed E-state index contributed by atoms with van der Waals surface area (Å²) in [6.45, 7) is 3.96. The number of carbonyl (C=O) groups is 1. The molecule has 1 aliphatic rings. The Hall–Kier alpha value is -1.56. The van der Waals surface area contributed by atoms with Crippen molar-refractivity contribution in [2.75, 3.05) is 16.6 Å². The SMILES string of the molecule is CC(C)CCS(=O)(=O)N1CC(C(=O)O)Cc2ccccc21. The van der Waals surface area contributed by atoms with E-state index < -0.39 is 21.9 Å². The van der Waals surface area contributed by atoms with Gasteiger partial charge in [0.25, 0.3) is 0 Å². The fraction of sp³-hybridized carbons (Fsp3) is 0.533. The first-order chi connectivity index (χ1) is 9.81. The van der Waals surface area contributed by atoms with Crippen LogP contribution in [0, 0.1) is 11.8 Å². The quantitative estimate of drug-likeness (QED) is 0.904. The minimum Gasteiger partial charge on any atom is -0.481 e. The standard InChI is InChI=1S/C15H21NO4S/c1-11(2)7-8-21(19,20)16-10-13(15(17)18)9-12-5-3-4-6-14(12)16/h3-6,11,13H,7-10H2,1-2H3,(H,17,18). The number of hydrogen-bond donors (Lipinski definition) is 1. The van der Waals surface area contributed by atoms with E-state index in [1.807, 2.05) is 19.9 Å². The molecule has 0 fully saturated rings. The summed E-state index contributed by atoms with van der Waals surface area (Å²) in [6, 6.07) is 7.14. The molecule has 1 unspecified atom stereocenters. The Labute approximate surface area is 125 Å². The van der Waals surface area contributed by atoms with Gasteiger partial charge in [0.15, 0.2) is 0 Å². The number of aliphatic carboxylic acids is 1. The Balaban J connectivity index is 2.35.